The highest BCUT2D eigenvalue weighted by atomic mass is 19.1. The first-order chi connectivity index (χ1) is 4.75. The van der Waals surface area contributed by atoms with Crippen LogP contribution in [0.1, 0.15) is 16.1 Å². The third-order valence-corrected chi connectivity index (χ3v) is 1.08. The summed E-state index contributed by atoms with van der Waals surface area (Å²) in [4.78, 5) is 10.2. The molecule has 0 unspecified atom stereocenters. The molecule has 0 atom stereocenters. The van der Waals surface area contributed by atoms with E-state index in [4.69, 9.17) is 5.11 Å². The van der Waals surface area contributed by atoms with Crippen LogP contribution in [-0.4, -0.2) is 21.3 Å². The van der Waals surface area contributed by atoms with E-state index in [1.165, 1.54) is 0 Å². The van der Waals surface area contributed by atoms with Gasteiger partial charge in [-0.25, -0.2) is 9.18 Å². The second kappa shape index (κ2) is 2.47. The van der Waals surface area contributed by atoms with E-state index in [0.717, 1.165) is 6.20 Å². The Morgan fingerprint density at radius 2 is 2.60 bits per heavy atom. The molecule has 1 aromatic heterocycles. The molecular weight excluding hydrogens is 139 g/mol. The average molecular weight is 144 g/mol. The first kappa shape index (κ1) is 6.73. The van der Waals surface area contributed by atoms with Gasteiger partial charge in [-0.15, -0.1) is 0 Å². The van der Waals surface area contributed by atoms with Crippen LogP contribution in [0.5, 0.6) is 0 Å². The van der Waals surface area contributed by atoms with Crippen molar-refractivity contribution in [3.05, 3.63) is 17.5 Å². The molecule has 0 aliphatic heterocycles. The van der Waals surface area contributed by atoms with Crippen LogP contribution < -0.4 is 0 Å². The highest BCUT2D eigenvalue weighted by Gasteiger charge is 2.10. The number of rotatable bonds is 2. The Bertz CT molecular complexity index is 246. The number of H-pyrrole nitrogens is 1. The highest BCUT2D eigenvalue weighted by Crippen LogP contribution is 2.04. The van der Waals surface area contributed by atoms with Crippen LogP contribution in [-0.2, 0) is 6.67 Å². The van der Waals surface area contributed by atoms with Crippen molar-refractivity contribution in [3.63, 3.8) is 0 Å². The van der Waals surface area contributed by atoms with Crippen molar-refractivity contribution >= 4 is 5.97 Å². The summed E-state index contributed by atoms with van der Waals surface area (Å²) < 4.78 is 11.9. The minimum atomic E-state index is -1.19. The molecule has 0 aliphatic rings. The maximum Gasteiger partial charge on any atom is 0.354 e. The van der Waals surface area contributed by atoms with E-state index >= 15 is 0 Å². The number of hydrogen-bond acceptors (Lipinski definition) is 2. The number of carbonyl (C=O) groups is 1. The van der Waals surface area contributed by atoms with Gasteiger partial charge in [-0.3, -0.25) is 5.10 Å². The van der Waals surface area contributed by atoms with Gasteiger partial charge in [-0.1, -0.05) is 0 Å². The van der Waals surface area contributed by atoms with Crippen LogP contribution in [0.25, 0.3) is 0 Å². The van der Waals surface area contributed by atoms with Gasteiger partial charge in [0, 0.05) is 5.56 Å². The second-order valence-corrected chi connectivity index (χ2v) is 1.71. The lowest BCUT2D eigenvalue weighted by atomic mass is 10.3. The van der Waals surface area contributed by atoms with Gasteiger partial charge in [-0.2, -0.15) is 5.10 Å². The van der Waals surface area contributed by atoms with E-state index in [2.05, 4.69) is 10.2 Å². The monoisotopic (exact) mass is 144 g/mol. The van der Waals surface area contributed by atoms with Gasteiger partial charge in [0.1, 0.15) is 12.4 Å². The van der Waals surface area contributed by atoms with Crippen LogP contribution >= 0.6 is 0 Å². The summed E-state index contributed by atoms with van der Waals surface area (Å²) in [5.41, 5.74) is -0.102. The van der Waals surface area contributed by atoms with Crippen LogP contribution in [0.15, 0.2) is 6.20 Å². The van der Waals surface area contributed by atoms with Crippen LogP contribution in [0.4, 0.5) is 4.39 Å². The third-order valence-electron chi connectivity index (χ3n) is 1.08. The number of nitrogens with one attached hydrogen (secondary N) is 1. The van der Waals surface area contributed by atoms with Gasteiger partial charge in [-0.05, 0) is 0 Å². The van der Waals surface area contributed by atoms with Crippen molar-refractivity contribution in [1.29, 1.82) is 0 Å². The summed E-state index contributed by atoms with van der Waals surface area (Å²) in [7, 11) is 0. The molecule has 0 spiro atoms. The van der Waals surface area contributed by atoms with Crippen LogP contribution in [0.2, 0.25) is 0 Å². The minimum Gasteiger partial charge on any atom is -0.477 e. The number of aromatic carboxylic acids is 1. The molecule has 0 fully saturated rings. The predicted molar refractivity (Wildman–Crippen MR) is 30.4 cm³/mol. The molecule has 0 radical (unpaired) electrons. The molecule has 10 heavy (non-hydrogen) atoms. The Morgan fingerprint density at radius 1 is 1.90 bits per heavy atom. The van der Waals surface area contributed by atoms with Gasteiger partial charge in [0.25, 0.3) is 0 Å². The minimum absolute atomic E-state index is 0.0764. The number of alkyl halides is 1. The lowest BCUT2D eigenvalue weighted by Crippen LogP contribution is -1.99. The summed E-state index contributed by atoms with van der Waals surface area (Å²) in [5, 5.41) is 13.9. The molecular formula is C5H5FN2O2. The number of carboxylic acids is 1. The van der Waals surface area contributed by atoms with E-state index in [1.807, 2.05) is 0 Å². The first-order valence-corrected chi connectivity index (χ1v) is 2.57. The number of hydrogen-bond donors (Lipinski definition) is 2. The Kier molecular flexibility index (Phi) is 1.66. The first-order valence-electron chi connectivity index (χ1n) is 2.57. The number of carboxylic acid groups (broad SMARTS) is 1. The third kappa shape index (κ3) is 0.975. The molecule has 1 heterocycles. The van der Waals surface area contributed by atoms with Gasteiger partial charge >= 0.3 is 5.97 Å². The number of nitrogens with zero attached hydrogens (tertiary/aromatic N) is 1. The fourth-order valence-electron chi connectivity index (χ4n) is 0.598. The van der Waals surface area contributed by atoms with Crippen molar-refractivity contribution in [2.75, 3.05) is 0 Å². The molecule has 0 bridgehead atoms. The largest absolute Gasteiger partial charge is 0.477 e. The molecule has 2 N–H and O–H groups in total. The summed E-state index contributed by atoms with van der Waals surface area (Å²) in [5.74, 6) is -1.19. The van der Waals surface area contributed by atoms with Crippen molar-refractivity contribution in [2.24, 2.45) is 0 Å². The number of halogens is 1. The van der Waals surface area contributed by atoms with E-state index in [0.29, 0.717) is 0 Å². The van der Waals surface area contributed by atoms with Crippen molar-refractivity contribution in [2.45, 2.75) is 6.67 Å². The second-order valence-electron chi connectivity index (χ2n) is 1.71. The predicted octanol–water partition coefficient (Wildman–Crippen LogP) is 0.577. The van der Waals surface area contributed by atoms with Crippen molar-refractivity contribution in [1.82, 2.24) is 10.2 Å². The van der Waals surface area contributed by atoms with Crippen molar-refractivity contribution < 1.29 is 14.3 Å². The van der Waals surface area contributed by atoms with E-state index in [9.17, 15) is 9.18 Å². The SMILES string of the molecule is O=C(O)c1[nH]ncc1CF. The van der Waals surface area contributed by atoms with Crippen LogP contribution in [0.3, 0.4) is 0 Å². The Balaban J connectivity index is 3.01. The number of aromatic nitrogens is 2. The van der Waals surface area contributed by atoms with Gasteiger partial charge in [0.2, 0.25) is 0 Å². The fourth-order valence-corrected chi connectivity index (χ4v) is 0.598. The summed E-state index contributed by atoms with van der Waals surface area (Å²) >= 11 is 0. The quantitative estimate of drug-likeness (QED) is 0.637. The standard InChI is InChI=1S/C5H5FN2O2/c6-1-3-2-7-8-4(3)5(9)10/h2H,1H2,(H,7,8)(H,9,10). The van der Waals surface area contributed by atoms with Gasteiger partial charge in [0.15, 0.2) is 0 Å². The van der Waals surface area contributed by atoms with E-state index in [-0.39, 0.29) is 11.3 Å². The average Bonchev–Trinajstić information content (AvgIpc) is 2.33. The molecule has 0 aromatic carbocycles. The zero-order chi connectivity index (χ0) is 7.56. The van der Waals surface area contributed by atoms with E-state index in [1.54, 1.807) is 0 Å². The molecule has 0 aliphatic carbocycles. The molecule has 1 aromatic rings. The number of aromatic amines is 1. The Hall–Kier alpha value is -1.39. The van der Waals surface area contributed by atoms with Gasteiger partial charge < -0.3 is 5.11 Å². The topological polar surface area (TPSA) is 66.0 Å². The Labute approximate surface area is 55.7 Å². The summed E-state index contributed by atoms with van der Waals surface area (Å²) in [6.07, 6.45) is 1.16. The smallest absolute Gasteiger partial charge is 0.354 e. The maximum absolute atomic E-state index is 11.9. The zero-order valence-electron chi connectivity index (χ0n) is 4.97. The molecule has 0 saturated heterocycles. The maximum atomic E-state index is 11.9. The lowest BCUT2D eigenvalue weighted by Gasteiger charge is -1.88. The highest BCUT2D eigenvalue weighted by molar-refractivity contribution is 5.86. The molecule has 0 saturated carbocycles. The molecule has 5 heteroatoms. The fraction of sp³-hybridized carbons (Fsp3) is 0.200. The summed E-state index contributed by atoms with van der Waals surface area (Å²) in [6.45, 7) is -0.807. The molecule has 1 rings (SSSR count). The van der Waals surface area contributed by atoms with Crippen LogP contribution in [0, 0.1) is 0 Å². The normalized spacial score (nSPS) is 9.70. The lowest BCUT2D eigenvalue weighted by molar-refractivity contribution is 0.0688. The van der Waals surface area contributed by atoms with Gasteiger partial charge in [0.05, 0.1) is 6.20 Å². The Morgan fingerprint density at radius 3 is 3.00 bits per heavy atom. The zero-order valence-corrected chi connectivity index (χ0v) is 4.97. The molecule has 4 nitrogen and oxygen atoms in total. The van der Waals surface area contributed by atoms with E-state index < -0.39 is 12.6 Å². The molecule has 54 valence electrons. The van der Waals surface area contributed by atoms with Crippen molar-refractivity contribution in [3.8, 4) is 0 Å². The molecule has 0 amide bonds. The summed E-state index contributed by atoms with van der Waals surface area (Å²) in [6, 6.07) is 0.